The topological polar surface area (TPSA) is 159 Å². The number of nitrogens with one attached hydrogen (secondary N) is 4. The summed E-state index contributed by atoms with van der Waals surface area (Å²) in [6.07, 6.45) is 2.77. The van der Waals surface area contributed by atoms with E-state index >= 15 is 0 Å². The second kappa shape index (κ2) is 6.61. The van der Waals surface area contributed by atoms with Gasteiger partial charge in [-0.1, -0.05) is 11.6 Å². The van der Waals surface area contributed by atoms with Gasteiger partial charge in [-0.2, -0.15) is 10.2 Å². The molecule has 0 atom stereocenters. The van der Waals surface area contributed by atoms with Crippen LogP contribution in [0.1, 0.15) is 20.8 Å². The van der Waals surface area contributed by atoms with E-state index < -0.39 is 17.7 Å². The Balaban J connectivity index is 1.81. The van der Waals surface area contributed by atoms with Crippen molar-refractivity contribution in [3.63, 3.8) is 0 Å². The summed E-state index contributed by atoms with van der Waals surface area (Å²) in [4.78, 5) is 35.2. The minimum Gasteiger partial charge on any atom is -0.368 e. The number of carbonyl (C=O) groups is 3. The summed E-state index contributed by atoms with van der Waals surface area (Å²) in [6.45, 7) is -0.339. The number of anilines is 1. The second-order valence-electron chi connectivity index (χ2n) is 5.02. The van der Waals surface area contributed by atoms with Crippen LogP contribution < -0.4 is 16.4 Å². The molecular formula is C14H12ClN7O3. The monoisotopic (exact) mass is 361 g/mol. The zero-order valence-corrected chi connectivity index (χ0v) is 13.3. The van der Waals surface area contributed by atoms with Crippen LogP contribution in [0.5, 0.6) is 0 Å². The fourth-order valence-corrected chi connectivity index (χ4v) is 2.46. The highest BCUT2D eigenvalue weighted by Gasteiger charge is 2.19. The predicted octanol–water partition coefficient (Wildman–Crippen LogP) is 0.407. The third kappa shape index (κ3) is 3.28. The minimum atomic E-state index is -0.696. The first-order valence-corrected chi connectivity index (χ1v) is 7.38. The number of hydrogen-bond donors (Lipinski definition) is 5. The number of halogens is 1. The van der Waals surface area contributed by atoms with Crippen molar-refractivity contribution in [1.29, 1.82) is 0 Å². The highest BCUT2D eigenvalue weighted by Crippen LogP contribution is 2.26. The van der Waals surface area contributed by atoms with Gasteiger partial charge >= 0.3 is 0 Å². The van der Waals surface area contributed by atoms with Gasteiger partial charge < -0.3 is 16.4 Å². The van der Waals surface area contributed by atoms with Crippen LogP contribution in [-0.2, 0) is 4.79 Å². The molecule has 0 saturated carbocycles. The zero-order chi connectivity index (χ0) is 18.0. The SMILES string of the molecule is NC(=O)CNC(=O)c1[nH]ncc1NC(=O)c1ccc2[nH]ncc2c1Cl. The molecule has 0 radical (unpaired) electrons. The van der Waals surface area contributed by atoms with E-state index in [1.54, 1.807) is 6.07 Å². The van der Waals surface area contributed by atoms with Crippen molar-refractivity contribution < 1.29 is 14.4 Å². The molecule has 0 bridgehead atoms. The van der Waals surface area contributed by atoms with Gasteiger partial charge in [-0.15, -0.1) is 0 Å². The first-order chi connectivity index (χ1) is 12.0. The van der Waals surface area contributed by atoms with Gasteiger partial charge in [0.25, 0.3) is 11.8 Å². The highest BCUT2D eigenvalue weighted by molar-refractivity contribution is 6.39. The molecule has 2 aromatic heterocycles. The van der Waals surface area contributed by atoms with E-state index in [0.717, 1.165) is 0 Å². The zero-order valence-electron chi connectivity index (χ0n) is 12.6. The van der Waals surface area contributed by atoms with E-state index in [1.807, 2.05) is 0 Å². The Kier molecular flexibility index (Phi) is 4.35. The van der Waals surface area contributed by atoms with Crippen LogP contribution in [-0.4, -0.2) is 44.7 Å². The number of hydrogen-bond acceptors (Lipinski definition) is 5. The van der Waals surface area contributed by atoms with Crippen molar-refractivity contribution >= 4 is 45.9 Å². The maximum atomic E-state index is 12.5. The third-order valence-corrected chi connectivity index (χ3v) is 3.75. The Bertz CT molecular complexity index is 978. The number of aromatic nitrogens is 4. The molecule has 0 aliphatic carbocycles. The summed E-state index contributed by atoms with van der Waals surface area (Å²) in [6, 6.07) is 3.20. The normalized spacial score (nSPS) is 10.6. The number of H-pyrrole nitrogens is 2. The van der Waals surface area contributed by atoms with Crippen molar-refractivity contribution in [2.45, 2.75) is 0 Å². The number of rotatable bonds is 5. The predicted molar refractivity (Wildman–Crippen MR) is 89.2 cm³/mol. The average Bonchev–Trinajstić information content (AvgIpc) is 3.22. The Morgan fingerprint density at radius 2 is 1.88 bits per heavy atom. The Hall–Kier alpha value is -3.40. The van der Waals surface area contributed by atoms with Gasteiger partial charge in [0.05, 0.1) is 40.7 Å². The summed E-state index contributed by atoms with van der Waals surface area (Å²) < 4.78 is 0. The van der Waals surface area contributed by atoms with E-state index in [9.17, 15) is 14.4 Å². The molecule has 11 heteroatoms. The lowest BCUT2D eigenvalue weighted by molar-refractivity contribution is -0.117. The molecule has 25 heavy (non-hydrogen) atoms. The number of benzene rings is 1. The molecule has 1 aromatic carbocycles. The quantitative estimate of drug-likeness (QED) is 0.444. The highest BCUT2D eigenvalue weighted by atomic mass is 35.5. The van der Waals surface area contributed by atoms with Crippen LogP contribution in [0.15, 0.2) is 24.5 Å². The van der Waals surface area contributed by atoms with Crippen LogP contribution in [0.3, 0.4) is 0 Å². The molecule has 3 rings (SSSR count). The molecule has 2 heterocycles. The number of nitrogens with zero attached hydrogens (tertiary/aromatic N) is 2. The number of aromatic amines is 2. The lowest BCUT2D eigenvalue weighted by atomic mass is 10.1. The molecule has 6 N–H and O–H groups in total. The van der Waals surface area contributed by atoms with Crippen LogP contribution in [0.2, 0.25) is 5.02 Å². The maximum Gasteiger partial charge on any atom is 0.271 e. The minimum absolute atomic E-state index is 0.0184. The van der Waals surface area contributed by atoms with E-state index in [0.29, 0.717) is 10.9 Å². The van der Waals surface area contributed by atoms with E-state index in [4.69, 9.17) is 17.3 Å². The number of fused-ring (bicyclic) bond motifs is 1. The molecule has 0 aliphatic rings. The van der Waals surface area contributed by atoms with Crippen LogP contribution in [0.25, 0.3) is 10.9 Å². The smallest absolute Gasteiger partial charge is 0.271 e. The third-order valence-electron chi connectivity index (χ3n) is 3.34. The standard InChI is InChI=1S/C14H12ClN7O3/c15-11-6(1-2-8-7(11)3-18-21-8)13(24)20-9-4-19-22-12(9)14(25)17-5-10(16)23/h1-4H,5H2,(H2,16,23)(H,17,25)(H,18,21)(H,19,22)(H,20,24). The largest absolute Gasteiger partial charge is 0.368 e. The average molecular weight is 362 g/mol. The van der Waals surface area contributed by atoms with Crippen molar-refractivity contribution in [1.82, 2.24) is 25.7 Å². The Morgan fingerprint density at radius 1 is 1.12 bits per heavy atom. The Labute approximate surface area is 145 Å². The number of carbonyl (C=O) groups excluding carboxylic acids is 3. The molecule has 0 spiro atoms. The first kappa shape index (κ1) is 16.5. The van der Waals surface area contributed by atoms with E-state index in [2.05, 4.69) is 31.0 Å². The van der Waals surface area contributed by atoms with Crippen molar-refractivity contribution in [2.24, 2.45) is 5.73 Å². The lowest BCUT2D eigenvalue weighted by Crippen LogP contribution is -2.34. The van der Waals surface area contributed by atoms with Crippen LogP contribution >= 0.6 is 11.6 Å². The lowest BCUT2D eigenvalue weighted by Gasteiger charge is -2.08. The van der Waals surface area contributed by atoms with E-state index in [1.165, 1.54) is 18.5 Å². The molecule has 0 aliphatic heterocycles. The fraction of sp³-hybridized carbons (Fsp3) is 0.0714. The molecule has 3 amide bonds. The molecule has 3 aromatic rings. The molecule has 0 fully saturated rings. The van der Waals surface area contributed by atoms with Gasteiger partial charge in [-0.05, 0) is 12.1 Å². The summed E-state index contributed by atoms with van der Waals surface area (Å²) in [7, 11) is 0. The molecule has 0 saturated heterocycles. The molecule has 10 nitrogen and oxygen atoms in total. The number of amides is 3. The van der Waals surface area contributed by atoms with Gasteiger partial charge in [0, 0.05) is 5.39 Å². The van der Waals surface area contributed by atoms with Gasteiger partial charge in [0.2, 0.25) is 5.91 Å². The molecule has 128 valence electrons. The number of nitrogens with two attached hydrogens (primary N) is 1. The van der Waals surface area contributed by atoms with Gasteiger partial charge in [0.1, 0.15) is 5.69 Å². The van der Waals surface area contributed by atoms with Crippen molar-refractivity contribution in [3.05, 3.63) is 40.8 Å². The van der Waals surface area contributed by atoms with Gasteiger partial charge in [-0.25, -0.2) is 0 Å². The fourth-order valence-electron chi connectivity index (χ4n) is 2.16. The van der Waals surface area contributed by atoms with Crippen LogP contribution in [0, 0.1) is 0 Å². The summed E-state index contributed by atoms with van der Waals surface area (Å²) in [5, 5.41) is 18.4. The molecular weight excluding hydrogens is 350 g/mol. The summed E-state index contributed by atoms with van der Waals surface area (Å²) >= 11 is 6.23. The maximum absolute atomic E-state index is 12.5. The first-order valence-electron chi connectivity index (χ1n) is 7.00. The Morgan fingerprint density at radius 3 is 2.64 bits per heavy atom. The second-order valence-corrected chi connectivity index (χ2v) is 5.40. The van der Waals surface area contributed by atoms with Gasteiger partial charge in [0.15, 0.2) is 0 Å². The summed E-state index contributed by atoms with van der Waals surface area (Å²) in [5.74, 6) is -1.86. The van der Waals surface area contributed by atoms with Crippen LogP contribution in [0.4, 0.5) is 5.69 Å². The number of primary amides is 1. The van der Waals surface area contributed by atoms with Crippen molar-refractivity contribution in [2.75, 3.05) is 11.9 Å². The van der Waals surface area contributed by atoms with Crippen molar-refractivity contribution in [3.8, 4) is 0 Å². The van der Waals surface area contributed by atoms with Gasteiger partial charge in [-0.3, -0.25) is 24.6 Å². The molecule has 0 unspecified atom stereocenters. The summed E-state index contributed by atoms with van der Waals surface area (Å²) in [5.41, 5.74) is 5.99. The van der Waals surface area contributed by atoms with E-state index in [-0.39, 0.29) is 28.5 Å².